The molecular formula is C13H9FN2O. The molecular weight excluding hydrogens is 219 g/mol. The van der Waals surface area contributed by atoms with E-state index in [1.807, 2.05) is 0 Å². The molecule has 3 nitrogen and oxygen atoms in total. The molecule has 0 fully saturated rings. The van der Waals surface area contributed by atoms with Crippen LogP contribution in [0, 0.1) is 5.82 Å². The topological polar surface area (TPSA) is 52.0 Å². The third kappa shape index (κ3) is 1.54. The molecule has 0 amide bonds. The minimum Gasteiger partial charge on any atom is -0.434 e. The second-order valence-corrected chi connectivity index (χ2v) is 3.69. The molecule has 0 radical (unpaired) electrons. The third-order valence-electron chi connectivity index (χ3n) is 2.55. The van der Waals surface area contributed by atoms with Crippen molar-refractivity contribution in [2.24, 2.45) is 0 Å². The molecule has 0 bridgehead atoms. The summed E-state index contributed by atoms with van der Waals surface area (Å²) in [6.45, 7) is 0. The van der Waals surface area contributed by atoms with Gasteiger partial charge in [0.1, 0.15) is 11.3 Å². The second-order valence-electron chi connectivity index (χ2n) is 3.69. The van der Waals surface area contributed by atoms with Gasteiger partial charge in [0, 0.05) is 0 Å². The molecule has 0 aliphatic heterocycles. The minimum absolute atomic E-state index is 0.246. The average molecular weight is 228 g/mol. The van der Waals surface area contributed by atoms with Crippen LogP contribution in [-0.2, 0) is 0 Å². The highest BCUT2D eigenvalue weighted by molar-refractivity contribution is 5.86. The van der Waals surface area contributed by atoms with Crippen molar-refractivity contribution in [3.63, 3.8) is 0 Å². The summed E-state index contributed by atoms with van der Waals surface area (Å²) in [6.07, 6.45) is 0. The normalized spacial score (nSPS) is 10.9. The summed E-state index contributed by atoms with van der Waals surface area (Å²) in [4.78, 5) is 4.22. The number of nitrogen functional groups attached to an aromatic ring is 1. The molecule has 2 N–H and O–H groups in total. The van der Waals surface area contributed by atoms with Gasteiger partial charge in [-0.15, -0.1) is 0 Å². The van der Waals surface area contributed by atoms with Gasteiger partial charge < -0.3 is 10.2 Å². The SMILES string of the molecule is Nc1cccc2nc(-c3ccccc3F)oc12. The Bertz CT molecular complexity index is 691. The predicted octanol–water partition coefficient (Wildman–Crippen LogP) is 3.22. The van der Waals surface area contributed by atoms with Crippen molar-refractivity contribution in [2.75, 3.05) is 5.73 Å². The molecule has 0 saturated heterocycles. The van der Waals surface area contributed by atoms with E-state index in [1.165, 1.54) is 6.07 Å². The molecule has 1 heterocycles. The van der Waals surface area contributed by atoms with Crippen molar-refractivity contribution in [3.05, 3.63) is 48.3 Å². The van der Waals surface area contributed by atoms with E-state index < -0.39 is 0 Å². The van der Waals surface area contributed by atoms with Crippen LogP contribution in [0.1, 0.15) is 0 Å². The molecule has 0 spiro atoms. The van der Waals surface area contributed by atoms with Gasteiger partial charge in [-0.1, -0.05) is 18.2 Å². The van der Waals surface area contributed by atoms with Crippen LogP contribution in [0.15, 0.2) is 46.9 Å². The number of rotatable bonds is 1. The number of nitrogens with two attached hydrogens (primary N) is 1. The Kier molecular flexibility index (Phi) is 2.08. The zero-order valence-corrected chi connectivity index (χ0v) is 8.85. The van der Waals surface area contributed by atoms with E-state index in [4.69, 9.17) is 10.2 Å². The van der Waals surface area contributed by atoms with Gasteiger partial charge in [0.15, 0.2) is 5.58 Å². The summed E-state index contributed by atoms with van der Waals surface area (Å²) >= 11 is 0. The van der Waals surface area contributed by atoms with Gasteiger partial charge in [-0.05, 0) is 24.3 Å². The standard InChI is InChI=1S/C13H9FN2O/c14-9-5-2-1-4-8(9)13-16-11-7-3-6-10(15)12(11)17-13/h1-7H,15H2. The summed E-state index contributed by atoms with van der Waals surface area (Å²) < 4.78 is 19.1. The molecule has 0 aliphatic rings. The van der Waals surface area contributed by atoms with Crippen molar-refractivity contribution in [1.82, 2.24) is 4.98 Å². The molecule has 1 aromatic heterocycles. The number of aromatic nitrogens is 1. The monoisotopic (exact) mass is 228 g/mol. The Labute approximate surface area is 96.7 Å². The molecule has 0 aliphatic carbocycles. The highest BCUT2D eigenvalue weighted by Crippen LogP contribution is 2.28. The fourth-order valence-corrected chi connectivity index (χ4v) is 1.72. The van der Waals surface area contributed by atoms with E-state index in [9.17, 15) is 4.39 Å². The first kappa shape index (κ1) is 9.84. The number of hydrogen-bond donors (Lipinski definition) is 1. The lowest BCUT2D eigenvalue weighted by Crippen LogP contribution is -1.82. The number of anilines is 1. The molecule has 84 valence electrons. The first-order chi connectivity index (χ1) is 8.25. The predicted molar refractivity (Wildman–Crippen MR) is 63.8 cm³/mol. The summed E-state index contributed by atoms with van der Waals surface area (Å²) in [5.41, 5.74) is 7.71. The second kappa shape index (κ2) is 3.59. The van der Waals surface area contributed by atoms with Gasteiger partial charge >= 0.3 is 0 Å². The van der Waals surface area contributed by atoms with Crippen LogP contribution in [0.4, 0.5) is 10.1 Å². The fraction of sp³-hybridized carbons (Fsp3) is 0. The van der Waals surface area contributed by atoms with E-state index in [0.29, 0.717) is 22.4 Å². The van der Waals surface area contributed by atoms with E-state index in [0.717, 1.165) is 0 Å². The average Bonchev–Trinajstić information content (AvgIpc) is 2.75. The van der Waals surface area contributed by atoms with Crippen LogP contribution in [0.5, 0.6) is 0 Å². The van der Waals surface area contributed by atoms with Crippen LogP contribution in [0.2, 0.25) is 0 Å². The Morgan fingerprint density at radius 3 is 2.65 bits per heavy atom. The first-order valence-electron chi connectivity index (χ1n) is 5.15. The zero-order valence-electron chi connectivity index (χ0n) is 8.85. The number of benzene rings is 2. The third-order valence-corrected chi connectivity index (χ3v) is 2.55. The van der Waals surface area contributed by atoms with Crippen molar-refractivity contribution in [2.45, 2.75) is 0 Å². The van der Waals surface area contributed by atoms with E-state index in [2.05, 4.69) is 4.98 Å². The van der Waals surface area contributed by atoms with Gasteiger partial charge in [0.25, 0.3) is 0 Å². The number of oxazole rings is 1. The minimum atomic E-state index is -0.363. The number of nitrogens with zero attached hydrogens (tertiary/aromatic N) is 1. The zero-order chi connectivity index (χ0) is 11.8. The van der Waals surface area contributed by atoms with Gasteiger partial charge in [0.2, 0.25) is 5.89 Å². The Hall–Kier alpha value is -2.36. The summed E-state index contributed by atoms with van der Waals surface area (Å²) in [5, 5.41) is 0. The maximum Gasteiger partial charge on any atom is 0.230 e. The maximum absolute atomic E-state index is 13.6. The number of para-hydroxylation sites is 1. The van der Waals surface area contributed by atoms with Crippen molar-refractivity contribution < 1.29 is 8.81 Å². The van der Waals surface area contributed by atoms with Gasteiger partial charge in [0.05, 0.1) is 11.3 Å². The molecule has 4 heteroatoms. The number of halogens is 1. The van der Waals surface area contributed by atoms with Crippen LogP contribution < -0.4 is 5.73 Å². The molecule has 0 unspecified atom stereocenters. The first-order valence-corrected chi connectivity index (χ1v) is 5.15. The van der Waals surface area contributed by atoms with Crippen LogP contribution in [0.3, 0.4) is 0 Å². The highest BCUT2D eigenvalue weighted by Gasteiger charge is 2.12. The van der Waals surface area contributed by atoms with Crippen molar-refractivity contribution >= 4 is 16.8 Å². The van der Waals surface area contributed by atoms with Gasteiger partial charge in [-0.25, -0.2) is 9.37 Å². The summed E-state index contributed by atoms with van der Waals surface area (Å²) in [7, 11) is 0. The molecule has 3 rings (SSSR count). The molecule has 0 saturated carbocycles. The van der Waals surface area contributed by atoms with Crippen LogP contribution >= 0.6 is 0 Å². The van der Waals surface area contributed by atoms with E-state index in [-0.39, 0.29) is 11.7 Å². The quantitative estimate of drug-likeness (QED) is 0.650. The molecule has 3 aromatic rings. The maximum atomic E-state index is 13.6. The summed E-state index contributed by atoms with van der Waals surface area (Å²) in [6, 6.07) is 11.6. The smallest absolute Gasteiger partial charge is 0.230 e. The molecule has 17 heavy (non-hydrogen) atoms. The lowest BCUT2D eigenvalue weighted by Gasteiger charge is -1.95. The highest BCUT2D eigenvalue weighted by atomic mass is 19.1. The largest absolute Gasteiger partial charge is 0.434 e. The van der Waals surface area contributed by atoms with Crippen LogP contribution in [0.25, 0.3) is 22.6 Å². The lowest BCUT2D eigenvalue weighted by atomic mass is 10.2. The Morgan fingerprint density at radius 1 is 1.06 bits per heavy atom. The number of hydrogen-bond acceptors (Lipinski definition) is 3. The summed E-state index contributed by atoms with van der Waals surface area (Å²) in [5.74, 6) is -0.117. The van der Waals surface area contributed by atoms with Gasteiger partial charge in [-0.2, -0.15) is 0 Å². The molecule has 0 atom stereocenters. The van der Waals surface area contributed by atoms with Gasteiger partial charge in [-0.3, -0.25) is 0 Å². The van der Waals surface area contributed by atoms with E-state index >= 15 is 0 Å². The number of fused-ring (bicyclic) bond motifs is 1. The lowest BCUT2D eigenvalue weighted by molar-refractivity contribution is 0.594. The fourth-order valence-electron chi connectivity index (χ4n) is 1.72. The Morgan fingerprint density at radius 2 is 1.88 bits per heavy atom. The van der Waals surface area contributed by atoms with Crippen LogP contribution in [-0.4, -0.2) is 4.98 Å². The Balaban J connectivity index is 2.26. The van der Waals surface area contributed by atoms with Crippen molar-refractivity contribution in [1.29, 1.82) is 0 Å². The van der Waals surface area contributed by atoms with Crippen molar-refractivity contribution in [3.8, 4) is 11.5 Å². The van der Waals surface area contributed by atoms with E-state index in [1.54, 1.807) is 36.4 Å². The molecule has 2 aromatic carbocycles.